The summed E-state index contributed by atoms with van der Waals surface area (Å²) in [5.41, 5.74) is 6.66. The molecule has 2 N–H and O–H groups in total. The summed E-state index contributed by atoms with van der Waals surface area (Å²) >= 11 is 0. The lowest BCUT2D eigenvalue weighted by Crippen LogP contribution is -2.38. The molecule has 1 aliphatic heterocycles. The Balaban J connectivity index is 1.67. The first-order valence-electron chi connectivity index (χ1n) is 7.64. The lowest BCUT2D eigenvalue weighted by molar-refractivity contribution is -0.0498. The number of amides is 1. The molecule has 6 heteroatoms. The van der Waals surface area contributed by atoms with Gasteiger partial charge in [-0.3, -0.25) is 4.79 Å². The molecule has 3 unspecified atom stereocenters. The molecule has 1 saturated carbocycles. The van der Waals surface area contributed by atoms with Gasteiger partial charge < -0.3 is 15.4 Å². The Labute approximate surface area is 128 Å². The van der Waals surface area contributed by atoms with Gasteiger partial charge in [0.1, 0.15) is 5.75 Å². The number of hydrogen-bond acceptors (Lipinski definition) is 3. The van der Waals surface area contributed by atoms with Crippen molar-refractivity contribution in [2.75, 3.05) is 13.1 Å². The highest BCUT2D eigenvalue weighted by atomic mass is 19.3. The Bertz CT molecular complexity index is 535. The Hall–Kier alpha value is -1.69. The Morgan fingerprint density at radius 1 is 1.23 bits per heavy atom. The van der Waals surface area contributed by atoms with Gasteiger partial charge in [-0.05, 0) is 48.9 Å². The summed E-state index contributed by atoms with van der Waals surface area (Å²) in [7, 11) is 0. The van der Waals surface area contributed by atoms with Gasteiger partial charge in [-0.25, -0.2) is 0 Å². The number of halogens is 2. The Morgan fingerprint density at radius 2 is 1.95 bits per heavy atom. The van der Waals surface area contributed by atoms with Crippen LogP contribution >= 0.6 is 0 Å². The second kappa shape index (κ2) is 6.20. The van der Waals surface area contributed by atoms with Gasteiger partial charge in [-0.15, -0.1) is 0 Å². The molecule has 0 radical (unpaired) electrons. The zero-order valence-electron chi connectivity index (χ0n) is 12.3. The van der Waals surface area contributed by atoms with Crippen LogP contribution in [0.15, 0.2) is 24.3 Å². The van der Waals surface area contributed by atoms with Crippen LogP contribution in [0.1, 0.15) is 29.6 Å². The highest BCUT2D eigenvalue weighted by molar-refractivity contribution is 5.94. The zero-order valence-corrected chi connectivity index (χ0v) is 12.3. The first-order chi connectivity index (χ1) is 10.5. The van der Waals surface area contributed by atoms with Gasteiger partial charge in [0.25, 0.3) is 5.91 Å². The topological polar surface area (TPSA) is 55.6 Å². The number of fused-ring (bicyclic) bond motifs is 1. The van der Waals surface area contributed by atoms with Crippen LogP contribution in [-0.4, -0.2) is 36.5 Å². The molecule has 0 aromatic heterocycles. The maximum absolute atomic E-state index is 12.5. The third kappa shape index (κ3) is 3.06. The molecule has 1 aliphatic carbocycles. The largest absolute Gasteiger partial charge is 0.435 e. The number of carbonyl (C=O) groups excluding carboxylic acids is 1. The van der Waals surface area contributed by atoms with Crippen LogP contribution in [0.25, 0.3) is 0 Å². The van der Waals surface area contributed by atoms with Crippen LogP contribution in [0.3, 0.4) is 0 Å². The van der Waals surface area contributed by atoms with Gasteiger partial charge in [-0.1, -0.05) is 6.42 Å². The minimum Gasteiger partial charge on any atom is -0.435 e. The molecule has 1 heterocycles. The van der Waals surface area contributed by atoms with Gasteiger partial charge in [0, 0.05) is 24.7 Å². The number of carbonyl (C=O) groups is 1. The van der Waals surface area contributed by atoms with Crippen molar-refractivity contribution < 1.29 is 18.3 Å². The number of alkyl halides is 2. The summed E-state index contributed by atoms with van der Waals surface area (Å²) < 4.78 is 28.5. The first-order valence-corrected chi connectivity index (χ1v) is 7.64. The van der Waals surface area contributed by atoms with Crippen molar-refractivity contribution in [2.45, 2.75) is 31.9 Å². The molecule has 1 aromatic carbocycles. The van der Waals surface area contributed by atoms with Gasteiger partial charge in [0.05, 0.1) is 0 Å². The number of likely N-dealkylation sites (tertiary alicyclic amines) is 1. The summed E-state index contributed by atoms with van der Waals surface area (Å²) in [5, 5.41) is 0. The number of nitrogens with two attached hydrogens (primary N) is 1. The van der Waals surface area contributed by atoms with E-state index in [0.717, 1.165) is 25.8 Å². The van der Waals surface area contributed by atoms with E-state index in [-0.39, 0.29) is 17.7 Å². The summed E-state index contributed by atoms with van der Waals surface area (Å²) in [4.78, 5) is 14.4. The smallest absolute Gasteiger partial charge is 0.387 e. The van der Waals surface area contributed by atoms with Crippen LogP contribution in [0, 0.1) is 11.8 Å². The molecule has 1 aromatic rings. The summed E-state index contributed by atoms with van der Waals surface area (Å²) in [6.45, 7) is -1.42. The molecule has 3 atom stereocenters. The molecule has 2 fully saturated rings. The first kappa shape index (κ1) is 15.2. The summed E-state index contributed by atoms with van der Waals surface area (Å²) in [6, 6.07) is 6.03. The molecule has 1 amide bonds. The fourth-order valence-corrected chi connectivity index (χ4v) is 3.64. The summed E-state index contributed by atoms with van der Waals surface area (Å²) in [6.07, 6.45) is 3.29. The van der Waals surface area contributed by atoms with Gasteiger partial charge in [0.2, 0.25) is 0 Å². The highest BCUT2D eigenvalue weighted by Gasteiger charge is 2.40. The van der Waals surface area contributed by atoms with E-state index < -0.39 is 6.61 Å². The van der Waals surface area contributed by atoms with Crippen molar-refractivity contribution in [3.05, 3.63) is 29.8 Å². The summed E-state index contributed by atoms with van der Waals surface area (Å²) in [5.74, 6) is 0.877. The van der Waals surface area contributed by atoms with Crippen LogP contribution in [-0.2, 0) is 0 Å². The fourth-order valence-electron chi connectivity index (χ4n) is 3.64. The predicted molar refractivity (Wildman–Crippen MR) is 77.8 cm³/mol. The molecule has 120 valence electrons. The monoisotopic (exact) mass is 310 g/mol. The average molecular weight is 310 g/mol. The van der Waals surface area contributed by atoms with Gasteiger partial charge in [-0.2, -0.15) is 8.78 Å². The van der Waals surface area contributed by atoms with Crippen molar-refractivity contribution in [3.8, 4) is 5.75 Å². The van der Waals surface area contributed by atoms with E-state index in [4.69, 9.17) is 5.73 Å². The van der Waals surface area contributed by atoms with E-state index >= 15 is 0 Å². The molecule has 3 rings (SSSR count). The quantitative estimate of drug-likeness (QED) is 0.933. The van der Waals surface area contributed by atoms with E-state index in [0.29, 0.717) is 23.9 Å². The molecular formula is C16H20F2N2O2. The molecule has 0 spiro atoms. The van der Waals surface area contributed by atoms with E-state index in [1.54, 1.807) is 0 Å². The molecule has 0 bridgehead atoms. The van der Waals surface area contributed by atoms with Crippen molar-refractivity contribution in [1.29, 1.82) is 0 Å². The number of hydrogen-bond donors (Lipinski definition) is 1. The zero-order chi connectivity index (χ0) is 15.7. The van der Waals surface area contributed by atoms with Gasteiger partial charge >= 0.3 is 6.61 Å². The van der Waals surface area contributed by atoms with Crippen molar-refractivity contribution in [2.24, 2.45) is 17.6 Å². The van der Waals surface area contributed by atoms with Crippen LogP contribution < -0.4 is 10.5 Å². The van der Waals surface area contributed by atoms with E-state index in [1.807, 2.05) is 4.90 Å². The molecule has 22 heavy (non-hydrogen) atoms. The molecule has 1 saturated heterocycles. The molecular weight excluding hydrogens is 290 g/mol. The van der Waals surface area contributed by atoms with Crippen molar-refractivity contribution in [1.82, 2.24) is 4.90 Å². The average Bonchev–Trinajstić information content (AvgIpc) is 2.92. The van der Waals surface area contributed by atoms with E-state index in [2.05, 4.69) is 4.74 Å². The third-order valence-corrected chi connectivity index (χ3v) is 4.77. The lowest BCUT2D eigenvalue weighted by Gasteiger charge is -2.29. The Morgan fingerprint density at radius 3 is 2.59 bits per heavy atom. The fraction of sp³-hybridized carbons (Fsp3) is 0.562. The lowest BCUT2D eigenvalue weighted by atomic mass is 9.78. The maximum Gasteiger partial charge on any atom is 0.387 e. The Kier molecular flexibility index (Phi) is 4.29. The highest BCUT2D eigenvalue weighted by Crippen LogP contribution is 2.36. The normalized spacial score (nSPS) is 27.8. The maximum atomic E-state index is 12.5. The second-order valence-electron chi connectivity index (χ2n) is 6.13. The SMILES string of the molecule is NC1CCCC2CN(C(=O)c3ccc(OC(F)F)cc3)CC12. The number of rotatable bonds is 3. The van der Waals surface area contributed by atoms with E-state index in [1.165, 1.54) is 24.3 Å². The second-order valence-corrected chi connectivity index (χ2v) is 6.13. The third-order valence-electron chi connectivity index (χ3n) is 4.77. The van der Waals surface area contributed by atoms with Crippen molar-refractivity contribution in [3.63, 3.8) is 0 Å². The molecule has 2 aliphatic rings. The minimum atomic E-state index is -2.86. The van der Waals surface area contributed by atoms with Crippen LogP contribution in [0.4, 0.5) is 8.78 Å². The van der Waals surface area contributed by atoms with Crippen molar-refractivity contribution >= 4 is 5.91 Å². The predicted octanol–water partition coefficient (Wildman–Crippen LogP) is 2.49. The van der Waals surface area contributed by atoms with Gasteiger partial charge in [0.15, 0.2) is 0 Å². The number of ether oxygens (including phenoxy) is 1. The van der Waals surface area contributed by atoms with Crippen LogP contribution in [0.5, 0.6) is 5.75 Å². The standard InChI is InChI=1S/C16H20F2N2O2/c17-16(18)22-12-6-4-10(5-7-12)15(21)20-8-11-2-1-3-14(19)13(11)9-20/h4-7,11,13-14,16H,1-3,8-9,19H2. The van der Waals surface area contributed by atoms with E-state index in [9.17, 15) is 13.6 Å². The number of nitrogens with zero attached hydrogens (tertiary/aromatic N) is 1. The van der Waals surface area contributed by atoms with Crippen LogP contribution in [0.2, 0.25) is 0 Å². The number of benzene rings is 1. The minimum absolute atomic E-state index is 0.0589. The molecule has 4 nitrogen and oxygen atoms in total.